The fourth-order valence-electron chi connectivity index (χ4n) is 6.25. The topological polar surface area (TPSA) is 132 Å². The number of phenolic OH excluding ortho intramolecular Hbond substituents is 1. The highest BCUT2D eigenvalue weighted by Crippen LogP contribution is 2.65. The molecule has 0 saturated carbocycles. The van der Waals surface area contributed by atoms with Gasteiger partial charge in [0, 0.05) is 24.9 Å². The second-order valence-electron chi connectivity index (χ2n) is 9.85. The SMILES string of the molecule is CC(=O)O[C@@H](C)C(=O)O[C@@H](C)C(=O)OC1=CC[C@@]2(O)[C@@H]3Cc4ccc(O)c5c4[C@@]2(CCN3C)[C@H]1O5. The normalized spacial score (nSPS) is 31.9. The van der Waals surface area contributed by atoms with E-state index >= 15 is 0 Å². The average molecular weight is 488 g/mol. The zero-order chi connectivity index (χ0) is 25.3. The number of ether oxygens (including phenoxy) is 4. The standard InChI is InChI=1S/C25H29NO9/c1-12(32-14(3)27)22(29)33-13(2)23(30)34-17-7-8-25(31)18-11-15-5-6-16(28)20-19(15)24(25,21(17)35-20)9-10-26(18)4/h5-7,12-13,18,21,28,31H,8-11H2,1-4H3/t12-,13-,18-,21-,24-,25+/m0/s1. The summed E-state index contributed by atoms with van der Waals surface area (Å²) in [6, 6.07) is 3.29. The van der Waals surface area contributed by atoms with Crippen LogP contribution in [0.3, 0.4) is 0 Å². The van der Waals surface area contributed by atoms with E-state index in [0.29, 0.717) is 25.1 Å². The summed E-state index contributed by atoms with van der Waals surface area (Å²) in [5.41, 5.74) is -0.286. The fraction of sp³-hybridized carbons (Fsp3) is 0.560. The molecular formula is C25H29NO9. The lowest BCUT2D eigenvalue weighted by Crippen LogP contribution is -2.74. The molecule has 35 heavy (non-hydrogen) atoms. The van der Waals surface area contributed by atoms with Crippen molar-refractivity contribution in [3.8, 4) is 11.5 Å². The van der Waals surface area contributed by atoms with Crippen LogP contribution in [-0.4, -0.2) is 76.6 Å². The molecule has 1 fully saturated rings. The summed E-state index contributed by atoms with van der Waals surface area (Å²) in [6.45, 7) is 4.57. The molecule has 10 heteroatoms. The number of aromatic hydroxyl groups is 1. The van der Waals surface area contributed by atoms with E-state index in [-0.39, 0.29) is 24.0 Å². The maximum absolute atomic E-state index is 12.9. The lowest BCUT2D eigenvalue weighted by molar-refractivity contribution is -0.179. The summed E-state index contributed by atoms with van der Waals surface area (Å²) >= 11 is 0. The van der Waals surface area contributed by atoms with Crippen LogP contribution in [-0.2, 0) is 40.4 Å². The Labute approximate surface area is 202 Å². The zero-order valence-electron chi connectivity index (χ0n) is 20.1. The van der Waals surface area contributed by atoms with E-state index in [4.69, 9.17) is 18.9 Å². The maximum Gasteiger partial charge on any atom is 0.352 e. The lowest BCUT2D eigenvalue weighted by atomic mass is 9.50. The van der Waals surface area contributed by atoms with Crippen LogP contribution in [0.5, 0.6) is 11.5 Å². The average Bonchev–Trinajstić information content (AvgIpc) is 3.15. The Morgan fingerprint density at radius 3 is 2.60 bits per heavy atom. The maximum atomic E-state index is 12.9. The Morgan fingerprint density at radius 2 is 1.89 bits per heavy atom. The van der Waals surface area contributed by atoms with E-state index in [0.717, 1.165) is 11.1 Å². The van der Waals surface area contributed by atoms with Crippen LogP contribution in [0.25, 0.3) is 0 Å². The van der Waals surface area contributed by atoms with Gasteiger partial charge in [0.2, 0.25) is 0 Å². The van der Waals surface area contributed by atoms with Crippen LogP contribution in [0.15, 0.2) is 24.0 Å². The number of carbonyl (C=O) groups is 3. The molecule has 2 heterocycles. The molecule has 1 spiro atoms. The van der Waals surface area contributed by atoms with Crippen molar-refractivity contribution in [2.45, 2.75) is 75.4 Å². The van der Waals surface area contributed by atoms with Crippen molar-refractivity contribution in [1.82, 2.24) is 4.90 Å². The highest BCUT2D eigenvalue weighted by Gasteiger charge is 2.72. The second kappa shape index (κ2) is 7.96. The summed E-state index contributed by atoms with van der Waals surface area (Å²) < 4.78 is 21.8. The quantitative estimate of drug-likeness (QED) is 0.460. The second-order valence-corrected chi connectivity index (χ2v) is 9.85. The van der Waals surface area contributed by atoms with Gasteiger partial charge in [-0.05, 0) is 58.0 Å². The molecule has 2 bridgehead atoms. The summed E-state index contributed by atoms with van der Waals surface area (Å²) in [6.07, 6.45) is -0.227. The Kier molecular flexibility index (Phi) is 5.37. The Hall–Kier alpha value is -3.11. The minimum absolute atomic E-state index is 0.0281. The molecule has 4 aliphatic rings. The first-order chi connectivity index (χ1) is 16.5. The minimum Gasteiger partial charge on any atom is -0.504 e. The Balaban J connectivity index is 1.43. The first kappa shape index (κ1) is 23.6. The number of esters is 3. The number of phenols is 1. The molecule has 188 valence electrons. The van der Waals surface area contributed by atoms with Crippen molar-refractivity contribution in [1.29, 1.82) is 0 Å². The minimum atomic E-state index is -1.27. The number of piperidine rings is 1. The first-order valence-corrected chi connectivity index (χ1v) is 11.7. The van der Waals surface area contributed by atoms with E-state index < -0.39 is 47.2 Å². The molecule has 1 saturated heterocycles. The molecule has 0 radical (unpaired) electrons. The molecule has 2 aliphatic heterocycles. The predicted molar refractivity (Wildman–Crippen MR) is 119 cm³/mol. The molecule has 0 aromatic heterocycles. The van der Waals surface area contributed by atoms with Crippen LogP contribution in [0.1, 0.15) is 44.7 Å². The monoisotopic (exact) mass is 487 g/mol. The molecule has 1 aromatic rings. The number of hydrogen-bond acceptors (Lipinski definition) is 10. The number of benzene rings is 1. The Bertz CT molecular complexity index is 1150. The zero-order valence-corrected chi connectivity index (χ0v) is 20.1. The number of carbonyl (C=O) groups excluding carboxylic acids is 3. The van der Waals surface area contributed by atoms with Crippen molar-refractivity contribution in [2.75, 3.05) is 13.6 Å². The number of likely N-dealkylation sites (tertiary alicyclic amines) is 1. The third-order valence-electron chi connectivity index (χ3n) is 7.87. The van der Waals surface area contributed by atoms with Crippen molar-refractivity contribution in [3.63, 3.8) is 0 Å². The number of likely N-dealkylation sites (N-methyl/N-ethyl adjacent to an activating group) is 1. The van der Waals surface area contributed by atoms with Gasteiger partial charge >= 0.3 is 17.9 Å². The third-order valence-corrected chi connectivity index (χ3v) is 7.87. The van der Waals surface area contributed by atoms with Crippen molar-refractivity contribution in [2.24, 2.45) is 0 Å². The van der Waals surface area contributed by atoms with E-state index in [2.05, 4.69) is 4.90 Å². The van der Waals surface area contributed by atoms with E-state index in [9.17, 15) is 24.6 Å². The molecule has 1 aromatic carbocycles. The van der Waals surface area contributed by atoms with Gasteiger partial charge in [-0.1, -0.05) is 6.07 Å². The molecule has 6 atom stereocenters. The van der Waals surface area contributed by atoms with Crippen molar-refractivity contribution in [3.05, 3.63) is 35.1 Å². The summed E-state index contributed by atoms with van der Waals surface area (Å²) in [5, 5.41) is 22.7. The molecular weight excluding hydrogens is 458 g/mol. The van der Waals surface area contributed by atoms with Crippen molar-refractivity contribution < 1.29 is 43.5 Å². The van der Waals surface area contributed by atoms with Gasteiger partial charge < -0.3 is 34.1 Å². The molecule has 0 unspecified atom stereocenters. The number of rotatable bonds is 5. The smallest absolute Gasteiger partial charge is 0.352 e. The summed E-state index contributed by atoms with van der Waals surface area (Å²) in [5.74, 6) is -1.85. The molecule has 0 amide bonds. The van der Waals surface area contributed by atoms with Gasteiger partial charge in [-0.2, -0.15) is 0 Å². The van der Waals surface area contributed by atoms with Crippen LogP contribution in [0.2, 0.25) is 0 Å². The van der Waals surface area contributed by atoms with E-state index in [1.807, 2.05) is 13.1 Å². The van der Waals surface area contributed by atoms with Crippen LogP contribution >= 0.6 is 0 Å². The largest absolute Gasteiger partial charge is 0.504 e. The van der Waals surface area contributed by atoms with Crippen molar-refractivity contribution >= 4 is 17.9 Å². The van der Waals surface area contributed by atoms with Crippen LogP contribution in [0.4, 0.5) is 0 Å². The van der Waals surface area contributed by atoms with Crippen LogP contribution < -0.4 is 4.74 Å². The number of hydrogen-bond donors (Lipinski definition) is 2. The number of aliphatic hydroxyl groups is 1. The lowest BCUT2D eigenvalue weighted by Gasteiger charge is -2.61. The van der Waals surface area contributed by atoms with Gasteiger partial charge in [-0.25, -0.2) is 9.59 Å². The van der Waals surface area contributed by atoms with Gasteiger partial charge in [0.25, 0.3) is 0 Å². The molecule has 10 nitrogen and oxygen atoms in total. The van der Waals surface area contributed by atoms with E-state index in [1.165, 1.54) is 20.8 Å². The molecule has 2 N–H and O–H groups in total. The number of nitrogens with zero attached hydrogens (tertiary/aromatic N) is 1. The van der Waals surface area contributed by atoms with Gasteiger partial charge in [0.05, 0.1) is 11.0 Å². The molecule has 5 rings (SSSR count). The van der Waals surface area contributed by atoms with Crippen LogP contribution in [0, 0.1) is 0 Å². The third kappa shape index (κ3) is 3.26. The van der Waals surface area contributed by atoms with Gasteiger partial charge in [0.15, 0.2) is 29.8 Å². The summed E-state index contributed by atoms with van der Waals surface area (Å²) in [4.78, 5) is 38.2. The highest BCUT2D eigenvalue weighted by molar-refractivity contribution is 5.83. The highest BCUT2D eigenvalue weighted by atomic mass is 16.6. The fourth-order valence-corrected chi connectivity index (χ4v) is 6.25. The Morgan fingerprint density at radius 1 is 1.17 bits per heavy atom. The summed E-state index contributed by atoms with van der Waals surface area (Å²) in [7, 11) is 1.98. The van der Waals surface area contributed by atoms with Gasteiger partial charge in [-0.15, -0.1) is 0 Å². The van der Waals surface area contributed by atoms with E-state index in [1.54, 1.807) is 12.1 Å². The van der Waals surface area contributed by atoms with Gasteiger partial charge in [0.1, 0.15) is 5.76 Å². The predicted octanol–water partition coefficient (Wildman–Crippen LogP) is 1.10. The van der Waals surface area contributed by atoms with Gasteiger partial charge in [-0.3, -0.25) is 4.79 Å². The molecule has 2 aliphatic carbocycles. The first-order valence-electron chi connectivity index (χ1n) is 11.7.